The molecule has 1 unspecified atom stereocenters. The predicted molar refractivity (Wildman–Crippen MR) is 119 cm³/mol. The second-order valence-electron chi connectivity index (χ2n) is 8.10. The lowest BCUT2D eigenvalue weighted by Crippen LogP contribution is -2.41. The van der Waals surface area contributed by atoms with Gasteiger partial charge in [0.2, 0.25) is 0 Å². The minimum atomic E-state index is -5.11. The zero-order valence-corrected chi connectivity index (χ0v) is 21.0. The number of likely N-dealkylation sites (N-methyl/N-ethyl adjacent to an activating group) is 1. The van der Waals surface area contributed by atoms with Gasteiger partial charge in [-0.25, -0.2) is 4.79 Å². The lowest BCUT2D eigenvalue weighted by Gasteiger charge is -2.27. The van der Waals surface area contributed by atoms with Crippen LogP contribution in [0.4, 0.5) is 18.0 Å². The van der Waals surface area contributed by atoms with E-state index >= 15 is 0 Å². The molecule has 2 rings (SSSR count). The van der Waals surface area contributed by atoms with Crippen LogP contribution in [0.25, 0.3) is 0 Å². The summed E-state index contributed by atoms with van der Waals surface area (Å²) in [5.74, 6) is -1.13. The van der Waals surface area contributed by atoms with Crippen molar-refractivity contribution in [2.45, 2.75) is 50.3 Å². The molecule has 2 aromatic rings. The molecule has 0 heterocycles. The number of aliphatic hydroxyl groups excluding tert-OH is 1. The van der Waals surface area contributed by atoms with Crippen molar-refractivity contribution < 1.29 is 45.1 Å². The lowest BCUT2D eigenvalue weighted by atomic mass is 10.1. The van der Waals surface area contributed by atoms with Crippen molar-refractivity contribution >= 4 is 32.1 Å². The molecule has 0 aliphatic heterocycles. The van der Waals surface area contributed by atoms with Gasteiger partial charge < -0.3 is 18.8 Å². The molecule has 0 aliphatic rings. The highest BCUT2D eigenvalue weighted by Crippen LogP contribution is 2.33. The monoisotopic (exact) mass is 569 g/mol. The van der Waals surface area contributed by atoms with Crippen LogP contribution in [0, 0.1) is 0 Å². The van der Waals surface area contributed by atoms with Crippen molar-refractivity contribution in [2.24, 2.45) is 0 Å². The van der Waals surface area contributed by atoms with Gasteiger partial charge in [0.1, 0.15) is 22.5 Å². The predicted octanol–water partition coefficient (Wildman–Crippen LogP) is 4.84. The molecular formula is C21H23BrF3NO7S. The molecule has 1 amide bonds. The van der Waals surface area contributed by atoms with E-state index in [2.05, 4.69) is 20.7 Å². The third kappa shape index (κ3) is 8.37. The summed E-state index contributed by atoms with van der Waals surface area (Å²) in [4.78, 5) is 12.2. The number of carbonyl (C=O) groups is 1. The van der Waals surface area contributed by atoms with Crippen LogP contribution in [0.2, 0.25) is 0 Å². The molecule has 8 nitrogen and oxygen atoms in total. The van der Waals surface area contributed by atoms with E-state index in [4.69, 9.17) is 8.92 Å². The minimum absolute atomic E-state index is 0.000937. The van der Waals surface area contributed by atoms with E-state index in [1.807, 2.05) is 0 Å². The van der Waals surface area contributed by atoms with Crippen molar-refractivity contribution in [3.05, 3.63) is 52.5 Å². The Morgan fingerprint density at radius 2 is 1.71 bits per heavy atom. The maximum Gasteiger partial charge on any atom is 0.573 e. The van der Waals surface area contributed by atoms with E-state index in [0.717, 1.165) is 17.0 Å². The number of aliphatic hydroxyl groups is 1. The summed E-state index contributed by atoms with van der Waals surface area (Å²) < 4.78 is 77.3. The molecule has 0 bridgehead atoms. The van der Waals surface area contributed by atoms with E-state index in [0.29, 0.717) is 5.56 Å². The Morgan fingerprint density at radius 3 is 2.24 bits per heavy atom. The van der Waals surface area contributed by atoms with Gasteiger partial charge in [-0.15, -0.1) is 13.2 Å². The fourth-order valence-corrected chi connectivity index (χ4v) is 3.92. The highest BCUT2D eigenvalue weighted by atomic mass is 79.9. The molecule has 0 saturated heterocycles. The van der Waals surface area contributed by atoms with Crippen LogP contribution < -0.4 is 8.92 Å². The number of hydrogen-bond acceptors (Lipinski definition) is 7. The summed E-state index contributed by atoms with van der Waals surface area (Å²) in [6.07, 6.45) is -7.06. The van der Waals surface area contributed by atoms with Gasteiger partial charge in [0.15, 0.2) is 5.75 Å². The molecule has 0 radical (unpaired) electrons. The quantitative estimate of drug-likeness (QED) is 0.376. The molecule has 34 heavy (non-hydrogen) atoms. The highest BCUT2D eigenvalue weighted by Gasteiger charge is 2.35. The summed E-state index contributed by atoms with van der Waals surface area (Å²) >= 11 is 2.96. The maximum absolute atomic E-state index is 12.7. The topological polar surface area (TPSA) is 102 Å². The number of amides is 1. The fourth-order valence-electron chi connectivity index (χ4n) is 2.55. The molecule has 188 valence electrons. The summed E-state index contributed by atoms with van der Waals surface area (Å²) in [6.45, 7) is 5.05. The first kappa shape index (κ1) is 27.7. The summed E-state index contributed by atoms with van der Waals surface area (Å²) in [6, 6.07) is 8.39. The zero-order chi connectivity index (χ0) is 25.9. The van der Waals surface area contributed by atoms with E-state index in [1.54, 1.807) is 20.8 Å². The van der Waals surface area contributed by atoms with Crippen molar-refractivity contribution in [1.29, 1.82) is 0 Å². The van der Waals surface area contributed by atoms with Gasteiger partial charge in [-0.1, -0.05) is 28.1 Å². The standard InChI is InChI=1S/C21H23BrF3NO7S/c1-20(2,3)32-19(28)26(4)18(27)11-13-5-8-15(9-6-13)33-34(29,30)17-10-7-14(22)12-16(17)31-21(23,24)25/h5-10,12,18,27H,11H2,1-4H3. The number of ether oxygens (including phenoxy) is 2. The van der Waals surface area contributed by atoms with E-state index < -0.39 is 45.0 Å². The van der Waals surface area contributed by atoms with Crippen LogP contribution in [0.1, 0.15) is 26.3 Å². The minimum Gasteiger partial charge on any atom is -0.444 e. The second-order valence-corrected chi connectivity index (χ2v) is 10.5. The average Bonchev–Trinajstić information content (AvgIpc) is 2.65. The summed E-state index contributed by atoms with van der Waals surface area (Å²) in [5, 5.41) is 10.3. The number of hydrogen-bond donors (Lipinski definition) is 1. The number of benzene rings is 2. The molecule has 0 aromatic heterocycles. The molecule has 13 heteroatoms. The van der Waals surface area contributed by atoms with Crippen LogP contribution in [0.3, 0.4) is 0 Å². The van der Waals surface area contributed by atoms with Crippen LogP contribution in [0.15, 0.2) is 51.8 Å². The number of carbonyl (C=O) groups excluding carboxylic acids is 1. The SMILES string of the molecule is CN(C(=O)OC(C)(C)C)C(O)Cc1ccc(OS(=O)(=O)c2ccc(Br)cc2OC(F)(F)F)cc1. The summed E-state index contributed by atoms with van der Waals surface area (Å²) in [7, 11) is -3.31. The number of rotatable bonds is 7. The smallest absolute Gasteiger partial charge is 0.444 e. The van der Waals surface area contributed by atoms with Gasteiger partial charge in [-0.3, -0.25) is 4.90 Å². The molecule has 0 saturated carbocycles. The van der Waals surface area contributed by atoms with Crippen LogP contribution >= 0.6 is 15.9 Å². The Morgan fingerprint density at radius 1 is 1.12 bits per heavy atom. The first-order chi connectivity index (χ1) is 15.5. The Bertz CT molecular complexity index is 1120. The molecular weight excluding hydrogens is 547 g/mol. The largest absolute Gasteiger partial charge is 0.573 e. The lowest BCUT2D eigenvalue weighted by molar-refractivity contribution is -0.275. The fraction of sp³-hybridized carbons (Fsp3) is 0.381. The molecule has 0 spiro atoms. The number of nitrogens with zero attached hydrogens (tertiary/aromatic N) is 1. The Hall–Kier alpha value is -2.51. The van der Waals surface area contributed by atoms with Crippen molar-refractivity contribution in [2.75, 3.05) is 7.05 Å². The molecule has 2 aromatic carbocycles. The van der Waals surface area contributed by atoms with Crippen LogP contribution in [-0.2, 0) is 21.3 Å². The van der Waals surface area contributed by atoms with E-state index in [-0.39, 0.29) is 16.6 Å². The Kier molecular flexibility index (Phi) is 8.48. The average molecular weight is 570 g/mol. The second kappa shape index (κ2) is 10.4. The number of alkyl halides is 3. The van der Waals surface area contributed by atoms with Gasteiger partial charge in [0.25, 0.3) is 0 Å². The van der Waals surface area contributed by atoms with E-state index in [1.165, 1.54) is 37.4 Å². The molecule has 0 aliphatic carbocycles. The molecule has 1 N–H and O–H groups in total. The summed E-state index contributed by atoms with van der Waals surface area (Å²) in [5.41, 5.74) is -0.215. The zero-order valence-electron chi connectivity index (χ0n) is 18.6. The molecule has 1 atom stereocenters. The highest BCUT2D eigenvalue weighted by molar-refractivity contribution is 9.10. The molecule has 0 fully saturated rings. The Balaban J connectivity index is 2.13. The third-order valence-corrected chi connectivity index (χ3v) is 5.86. The van der Waals surface area contributed by atoms with Gasteiger partial charge in [0, 0.05) is 17.9 Å². The van der Waals surface area contributed by atoms with Crippen molar-refractivity contribution in [1.82, 2.24) is 4.90 Å². The first-order valence-electron chi connectivity index (χ1n) is 9.69. The van der Waals surface area contributed by atoms with Crippen molar-refractivity contribution in [3.63, 3.8) is 0 Å². The van der Waals surface area contributed by atoms with Gasteiger partial charge in [-0.2, -0.15) is 8.42 Å². The van der Waals surface area contributed by atoms with Crippen LogP contribution in [0.5, 0.6) is 11.5 Å². The van der Waals surface area contributed by atoms with Gasteiger partial charge >= 0.3 is 22.6 Å². The van der Waals surface area contributed by atoms with Gasteiger partial charge in [0.05, 0.1) is 0 Å². The Labute approximate surface area is 203 Å². The third-order valence-electron chi connectivity index (χ3n) is 4.08. The maximum atomic E-state index is 12.7. The van der Waals surface area contributed by atoms with Crippen molar-refractivity contribution in [3.8, 4) is 11.5 Å². The van der Waals surface area contributed by atoms with Gasteiger partial charge in [-0.05, 0) is 56.7 Å². The van der Waals surface area contributed by atoms with Crippen LogP contribution in [-0.4, -0.2) is 49.8 Å². The normalized spacial score (nSPS) is 13.2. The van der Waals surface area contributed by atoms with E-state index in [9.17, 15) is 31.5 Å². The number of halogens is 4. The first-order valence-corrected chi connectivity index (χ1v) is 11.9.